The molecule has 2 aliphatic heterocycles. The average Bonchev–Trinajstić information content (AvgIpc) is 2.68. The quantitative estimate of drug-likeness (QED) is 0.814. The number of aromatic nitrogens is 1. The van der Waals surface area contributed by atoms with Crippen LogP contribution in [-0.4, -0.2) is 72.3 Å². The minimum Gasteiger partial charge on any atom is -0.446 e. The van der Waals surface area contributed by atoms with E-state index >= 15 is 0 Å². The standard InChI is InChI=1S/C20H27N5O2/c21-15-16-3-2-8-22-19(16)24-9-6-18(7-10-24)27-20(26)25-13-11-23(12-14-25)17-4-1-5-17/h2-3,8,17-18H,1,4-7,9-14H2. The zero-order valence-electron chi connectivity index (χ0n) is 15.7. The zero-order chi connectivity index (χ0) is 18.6. The fraction of sp³-hybridized carbons (Fsp3) is 0.650. The van der Waals surface area contributed by atoms with E-state index in [0.29, 0.717) is 5.56 Å². The first kappa shape index (κ1) is 18.1. The van der Waals surface area contributed by atoms with Gasteiger partial charge in [0.1, 0.15) is 18.0 Å². The van der Waals surface area contributed by atoms with Crippen molar-refractivity contribution in [1.82, 2.24) is 14.8 Å². The van der Waals surface area contributed by atoms with Gasteiger partial charge in [-0.3, -0.25) is 4.90 Å². The first-order valence-electron chi connectivity index (χ1n) is 10.0. The summed E-state index contributed by atoms with van der Waals surface area (Å²) < 4.78 is 5.76. The third-order valence-corrected chi connectivity index (χ3v) is 6.08. The van der Waals surface area contributed by atoms with Crippen LogP contribution in [0.25, 0.3) is 0 Å². The Morgan fingerprint density at radius 3 is 2.48 bits per heavy atom. The normalized spacial score (nSPS) is 22.2. The van der Waals surface area contributed by atoms with Crippen molar-refractivity contribution in [2.75, 3.05) is 44.2 Å². The predicted octanol–water partition coefficient (Wildman–Crippen LogP) is 2.23. The second-order valence-electron chi connectivity index (χ2n) is 7.66. The summed E-state index contributed by atoms with van der Waals surface area (Å²) >= 11 is 0. The Hall–Kier alpha value is -2.33. The Morgan fingerprint density at radius 1 is 1.11 bits per heavy atom. The third kappa shape index (κ3) is 4.01. The number of hydrogen-bond acceptors (Lipinski definition) is 6. The van der Waals surface area contributed by atoms with Crippen LogP contribution in [0.4, 0.5) is 10.6 Å². The fourth-order valence-electron chi connectivity index (χ4n) is 4.16. The van der Waals surface area contributed by atoms with Gasteiger partial charge in [0, 0.05) is 64.3 Å². The lowest BCUT2D eigenvalue weighted by Gasteiger charge is -2.43. The van der Waals surface area contributed by atoms with Crippen molar-refractivity contribution < 1.29 is 9.53 Å². The molecule has 0 N–H and O–H groups in total. The second kappa shape index (κ2) is 8.13. The maximum Gasteiger partial charge on any atom is 0.410 e. The van der Waals surface area contributed by atoms with E-state index in [9.17, 15) is 10.1 Å². The topological polar surface area (TPSA) is 72.7 Å². The van der Waals surface area contributed by atoms with Crippen molar-refractivity contribution >= 4 is 11.9 Å². The van der Waals surface area contributed by atoms with Gasteiger partial charge in [-0.25, -0.2) is 9.78 Å². The highest BCUT2D eigenvalue weighted by Crippen LogP contribution is 2.26. The van der Waals surface area contributed by atoms with Gasteiger partial charge in [-0.05, 0) is 25.0 Å². The molecule has 0 aromatic carbocycles. The van der Waals surface area contributed by atoms with Gasteiger partial charge < -0.3 is 14.5 Å². The number of nitriles is 1. The number of anilines is 1. The Labute approximate surface area is 160 Å². The number of nitrogens with zero attached hydrogens (tertiary/aromatic N) is 5. The lowest BCUT2D eigenvalue weighted by atomic mass is 9.91. The van der Waals surface area contributed by atoms with Crippen LogP contribution < -0.4 is 4.90 Å². The van der Waals surface area contributed by atoms with Gasteiger partial charge in [0.2, 0.25) is 0 Å². The van der Waals surface area contributed by atoms with E-state index in [1.807, 2.05) is 4.90 Å². The van der Waals surface area contributed by atoms with Crippen LogP contribution in [0.1, 0.15) is 37.7 Å². The van der Waals surface area contributed by atoms with E-state index < -0.39 is 0 Å². The molecule has 0 unspecified atom stereocenters. The van der Waals surface area contributed by atoms with Crippen LogP contribution >= 0.6 is 0 Å². The van der Waals surface area contributed by atoms with Crippen molar-refractivity contribution in [2.24, 2.45) is 0 Å². The Balaban J connectivity index is 1.23. The van der Waals surface area contributed by atoms with Gasteiger partial charge in [-0.1, -0.05) is 6.42 Å². The Kier molecular flexibility index (Phi) is 5.44. The van der Waals surface area contributed by atoms with E-state index in [1.54, 1.807) is 18.3 Å². The van der Waals surface area contributed by atoms with E-state index in [0.717, 1.165) is 64.0 Å². The van der Waals surface area contributed by atoms with Gasteiger partial charge in [0.25, 0.3) is 0 Å². The SMILES string of the molecule is N#Cc1cccnc1N1CCC(OC(=O)N2CCN(C3CCC3)CC2)CC1. The van der Waals surface area contributed by atoms with Crippen LogP contribution in [0.15, 0.2) is 18.3 Å². The maximum absolute atomic E-state index is 12.5. The number of piperazine rings is 1. The molecule has 1 aromatic rings. The Morgan fingerprint density at radius 2 is 1.85 bits per heavy atom. The molecule has 3 fully saturated rings. The molecule has 27 heavy (non-hydrogen) atoms. The highest BCUT2D eigenvalue weighted by molar-refractivity contribution is 5.68. The number of piperidine rings is 1. The molecule has 0 bridgehead atoms. The highest BCUT2D eigenvalue weighted by atomic mass is 16.6. The third-order valence-electron chi connectivity index (χ3n) is 6.08. The van der Waals surface area contributed by atoms with Crippen molar-refractivity contribution in [3.05, 3.63) is 23.9 Å². The summed E-state index contributed by atoms with van der Waals surface area (Å²) in [6.45, 7) is 4.98. The fourth-order valence-corrected chi connectivity index (χ4v) is 4.16. The lowest BCUT2D eigenvalue weighted by Crippen LogP contribution is -2.54. The zero-order valence-corrected chi connectivity index (χ0v) is 15.7. The Bertz CT molecular complexity index is 699. The lowest BCUT2D eigenvalue weighted by molar-refractivity contribution is 0.0230. The van der Waals surface area contributed by atoms with Crippen LogP contribution in [-0.2, 0) is 4.74 Å². The first-order chi connectivity index (χ1) is 13.2. The molecule has 144 valence electrons. The molecular formula is C20H27N5O2. The number of amides is 1. The van der Waals surface area contributed by atoms with E-state index in [1.165, 1.54) is 19.3 Å². The van der Waals surface area contributed by atoms with E-state index in [-0.39, 0.29) is 12.2 Å². The van der Waals surface area contributed by atoms with Gasteiger partial charge in [-0.2, -0.15) is 5.26 Å². The predicted molar refractivity (Wildman–Crippen MR) is 101 cm³/mol. The summed E-state index contributed by atoms with van der Waals surface area (Å²) in [6, 6.07) is 6.51. The number of carbonyl (C=O) groups is 1. The molecule has 1 amide bonds. The van der Waals surface area contributed by atoms with Gasteiger partial charge >= 0.3 is 6.09 Å². The maximum atomic E-state index is 12.5. The van der Waals surface area contributed by atoms with Gasteiger partial charge in [0.15, 0.2) is 0 Å². The molecule has 7 nitrogen and oxygen atoms in total. The molecule has 1 saturated carbocycles. The summed E-state index contributed by atoms with van der Waals surface area (Å²) in [5.41, 5.74) is 0.595. The molecule has 7 heteroatoms. The number of pyridine rings is 1. The first-order valence-corrected chi connectivity index (χ1v) is 10.0. The largest absolute Gasteiger partial charge is 0.446 e. The smallest absolute Gasteiger partial charge is 0.410 e. The average molecular weight is 369 g/mol. The molecule has 3 aliphatic rings. The molecule has 1 aliphatic carbocycles. The number of rotatable bonds is 3. The van der Waals surface area contributed by atoms with Crippen LogP contribution in [0.2, 0.25) is 0 Å². The van der Waals surface area contributed by atoms with Crippen LogP contribution in [0.5, 0.6) is 0 Å². The van der Waals surface area contributed by atoms with Gasteiger partial charge in [0.05, 0.1) is 5.56 Å². The van der Waals surface area contributed by atoms with Gasteiger partial charge in [-0.15, -0.1) is 0 Å². The van der Waals surface area contributed by atoms with Crippen molar-refractivity contribution in [3.63, 3.8) is 0 Å². The molecule has 0 spiro atoms. The molecule has 1 aromatic heterocycles. The van der Waals surface area contributed by atoms with Crippen LogP contribution in [0.3, 0.4) is 0 Å². The summed E-state index contributed by atoms with van der Waals surface area (Å²) in [5, 5.41) is 9.24. The van der Waals surface area contributed by atoms with E-state index in [4.69, 9.17) is 4.74 Å². The molecule has 2 saturated heterocycles. The molecule has 3 heterocycles. The molecule has 0 radical (unpaired) electrons. The summed E-state index contributed by atoms with van der Waals surface area (Å²) in [6.07, 6.45) is 7.01. The molecule has 4 rings (SSSR count). The monoisotopic (exact) mass is 369 g/mol. The second-order valence-corrected chi connectivity index (χ2v) is 7.66. The number of hydrogen-bond donors (Lipinski definition) is 0. The minimum absolute atomic E-state index is 0.0485. The van der Waals surface area contributed by atoms with Crippen molar-refractivity contribution in [2.45, 2.75) is 44.2 Å². The summed E-state index contributed by atoms with van der Waals surface area (Å²) in [5.74, 6) is 0.733. The summed E-state index contributed by atoms with van der Waals surface area (Å²) in [4.78, 5) is 23.3. The van der Waals surface area contributed by atoms with Crippen molar-refractivity contribution in [1.29, 1.82) is 5.26 Å². The summed E-state index contributed by atoms with van der Waals surface area (Å²) in [7, 11) is 0. The minimum atomic E-state index is -0.169. The number of ether oxygens (including phenoxy) is 1. The highest BCUT2D eigenvalue weighted by Gasteiger charge is 2.31. The van der Waals surface area contributed by atoms with E-state index in [2.05, 4.69) is 20.9 Å². The molecule has 0 atom stereocenters. The molecular weight excluding hydrogens is 342 g/mol. The van der Waals surface area contributed by atoms with Crippen LogP contribution in [0, 0.1) is 11.3 Å². The van der Waals surface area contributed by atoms with Crippen molar-refractivity contribution in [3.8, 4) is 6.07 Å². The number of carbonyl (C=O) groups excluding carboxylic acids is 1.